The van der Waals surface area contributed by atoms with Gasteiger partial charge in [-0.05, 0) is 30.0 Å². The second-order valence-corrected chi connectivity index (χ2v) is 6.73. The second-order valence-electron chi connectivity index (χ2n) is 5.74. The summed E-state index contributed by atoms with van der Waals surface area (Å²) in [6.45, 7) is 3.29. The molecule has 7 nitrogen and oxygen atoms in total. The average Bonchev–Trinajstić information content (AvgIpc) is 2.90. The maximum atomic E-state index is 12.6. The molecule has 1 N–H and O–H groups in total. The van der Waals surface area contributed by atoms with E-state index < -0.39 is 0 Å². The van der Waals surface area contributed by atoms with Crippen molar-refractivity contribution in [2.75, 3.05) is 47.2 Å². The summed E-state index contributed by atoms with van der Waals surface area (Å²) in [5, 5.41) is -0.234. The zero-order chi connectivity index (χ0) is 17.8. The van der Waals surface area contributed by atoms with Crippen molar-refractivity contribution in [2.45, 2.75) is 0 Å². The first-order chi connectivity index (χ1) is 12.1. The van der Waals surface area contributed by atoms with E-state index in [1.165, 1.54) is 9.80 Å². The molecule has 0 unspecified atom stereocenters. The van der Waals surface area contributed by atoms with Gasteiger partial charge in [-0.3, -0.25) is 9.59 Å². The Hall–Kier alpha value is -2.03. The summed E-state index contributed by atoms with van der Waals surface area (Å²) in [4.78, 5) is 27.8. The van der Waals surface area contributed by atoms with E-state index in [1.807, 2.05) is 0 Å². The Kier molecular flexibility index (Phi) is 5.62. The minimum absolute atomic E-state index is 0.234. The van der Waals surface area contributed by atoms with E-state index in [0.29, 0.717) is 36.3 Å². The molecule has 2 amide bonds. The zero-order valence-corrected chi connectivity index (χ0v) is 15.1. The molecule has 0 radical (unpaired) electrons. The lowest BCUT2D eigenvalue weighted by atomic mass is 10.1. The summed E-state index contributed by atoms with van der Waals surface area (Å²) in [7, 11) is 3.13. The van der Waals surface area contributed by atoms with Crippen molar-refractivity contribution < 1.29 is 28.7 Å². The predicted molar refractivity (Wildman–Crippen MR) is 93.7 cm³/mol. The molecular weight excluding hydrogens is 344 g/mol. The van der Waals surface area contributed by atoms with Gasteiger partial charge >= 0.3 is 0 Å². The summed E-state index contributed by atoms with van der Waals surface area (Å²) in [5.74, 6) is 0.995. The van der Waals surface area contributed by atoms with Crippen LogP contribution in [-0.2, 0) is 9.53 Å². The topological polar surface area (TPSA) is 69.5 Å². The van der Waals surface area contributed by atoms with Gasteiger partial charge in [-0.15, -0.1) is 0 Å². The molecular formula is C17H21N2O5S+. The minimum atomic E-state index is -0.258. The van der Waals surface area contributed by atoms with Crippen LogP contribution in [0.2, 0.25) is 0 Å². The predicted octanol–water partition coefficient (Wildman–Crippen LogP) is 0.613. The monoisotopic (exact) mass is 365 g/mol. The van der Waals surface area contributed by atoms with Crippen LogP contribution in [0.15, 0.2) is 23.1 Å². The van der Waals surface area contributed by atoms with Crippen LogP contribution in [-0.4, -0.2) is 63.2 Å². The molecule has 134 valence electrons. The van der Waals surface area contributed by atoms with E-state index >= 15 is 0 Å². The minimum Gasteiger partial charge on any atom is -0.497 e. The smallest absolute Gasteiger partial charge is 0.298 e. The van der Waals surface area contributed by atoms with Crippen LogP contribution in [0.3, 0.4) is 0 Å². The fourth-order valence-electron chi connectivity index (χ4n) is 2.76. The number of nitrogens with one attached hydrogen (secondary N) is 1. The van der Waals surface area contributed by atoms with Gasteiger partial charge in [0.2, 0.25) is 0 Å². The average molecular weight is 365 g/mol. The van der Waals surface area contributed by atoms with Gasteiger partial charge in [-0.1, -0.05) is 0 Å². The normalized spacial score (nSPS) is 20.4. The molecule has 1 aromatic rings. The summed E-state index contributed by atoms with van der Waals surface area (Å²) in [6, 6.07) is 5.34. The van der Waals surface area contributed by atoms with Crippen molar-refractivity contribution in [3.8, 4) is 11.5 Å². The molecule has 0 atom stereocenters. The number of rotatable bonds is 5. The first-order valence-corrected chi connectivity index (χ1v) is 8.82. The molecule has 0 aromatic heterocycles. The highest BCUT2D eigenvalue weighted by molar-refractivity contribution is 8.18. The van der Waals surface area contributed by atoms with Gasteiger partial charge < -0.3 is 19.1 Å². The molecule has 0 spiro atoms. The number of benzene rings is 1. The molecule has 3 rings (SSSR count). The molecule has 8 heteroatoms. The van der Waals surface area contributed by atoms with Gasteiger partial charge in [0.1, 0.15) is 24.6 Å². The van der Waals surface area contributed by atoms with E-state index in [-0.39, 0.29) is 11.1 Å². The number of quaternary nitrogens is 1. The third-order valence-corrected chi connectivity index (χ3v) is 5.09. The fourth-order valence-corrected chi connectivity index (χ4v) is 3.59. The van der Waals surface area contributed by atoms with Crippen molar-refractivity contribution in [1.29, 1.82) is 0 Å². The van der Waals surface area contributed by atoms with Gasteiger partial charge in [0.05, 0.1) is 32.3 Å². The molecule has 0 saturated carbocycles. The summed E-state index contributed by atoms with van der Waals surface area (Å²) < 4.78 is 15.8. The van der Waals surface area contributed by atoms with Crippen LogP contribution in [0.5, 0.6) is 11.5 Å². The number of amides is 2. The Morgan fingerprint density at radius 3 is 2.68 bits per heavy atom. The molecule has 2 heterocycles. The number of hydrogen-bond donors (Lipinski definition) is 1. The van der Waals surface area contributed by atoms with E-state index in [0.717, 1.165) is 30.4 Å². The first kappa shape index (κ1) is 17.8. The molecule has 25 heavy (non-hydrogen) atoms. The highest BCUT2D eigenvalue weighted by atomic mass is 32.2. The molecule has 2 aliphatic rings. The molecule has 2 fully saturated rings. The number of imide groups is 1. The van der Waals surface area contributed by atoms with E-state index in [1.54, 1.807) is 38.5 Å². The Morgan fingerprint density at radius 1 is 1.24 bits per heavy atom. The van der Waals surface area contributed by atoms with Gasteiger partial charge in [0, 0.05) is 11.6 Å². The number of ether oxygens (including phenoxy) is 3. The lowest BCUT2D eigenvalue weighted by Crippen LogP contribution is -3.15. The second kappa shape index (κ2) is 7.90. The van der Waals surface area contributed by atoms with Crippen LogP contribution >= 0.6 is 11.8 Å². The Balaban J connectivity index is 1.78. The lowest BCUT2D eigenvalue weighted by molar-refractivity contribution is -0.915. The van der Waals surface area contributed by atoms with Gasteiger partial charge in [-0.2, -0.15) is 0 Å². The maximum Gasteiger partial charge on any atom is 0.298 e. The summed E-state index contributed by atoms with van der Waals surface area (Å²) in [5.41, 5.74) is 0.729. The van der Waals surface area contributed by atoms with E-state index in [4.69, 9.17) is 14.2 Å². The van der Waals surface area contributed by atoms with Crippen molar-refractivity contribution in [2.24, 2.45) is 0 Å². The molecule has 2 saturated heterocycles. The number of hydrogen-bond acceptors (Lipinski definition) is 6. The SMILES string of the molecule is COc1ccc(/C=C2\SC(=O)N(C[NH+]3CCOCC3)C2=O)c(OC)c1. The first-order valence-electron chi connectivity index (χ1n) is 8.01. The van der Waals surface area contributed by atoms with Crippen molar-refractivity contribution in [1.82, 2.24) is 4.90 Å². The van der Waals surface area contributed by atoms with Gasteiger partial charge in [0.25, 0.3) is 11.1 Å². The zero-order valence-electron chi connectivity index (χ0n) is 14.2. The Morgan fingerprint density at radius 2 is 2.00 bits per heavy atom. The van der Waals surface area contributed by atoms with Gasteiger partial charge in [0.15, 0.2) is 6.67 Å². The number of carbonyl (C=O) groups is 2. The Bertz CT molecular complexity index is 700. The van der Waals surface area contributed by atoms with E-state index in [9.17, 15) is 9.59 Å². The molecule has 1 aromatic carbocycles. The van der Waals surface area contributed by atoms with Crippen LogP contribution in [0.25, 0.3) is 6.08 Å². The number of nitrogens with zero attached hydrogens (tertiary/aromatic N) is 1. The standard InChI is InChI=1S/C17H20N2O5S/c1-22-13-4-3-12(14(10-13)23-2)9-15-16(20)19(17(21)25-15)11-18-5-7-24-8-6-18/h3-4,9-10H,5-8,11H2,1-2H3/p+1/b15-9-. The van der Waals surface area contributed by atoms with Crippen LogP contribution in [0, 0.1) is 0 Å². The number of methoxy groups -OCH3 is 2. The third kappa shape index (κ3) is 3.97. The fraction of sp³-hybridized carbons (Fsp3) is 0.412. The van der Waals surface area contributed by atoms with Crippen molar-refractivity contribution >= 4 is 29.0 Å². The highest BCUT2D eigenvalue weighted by Gasteiger charge is 2.37. The van der Waals surface area contributed by atoms with Gasteiger partial charge in [-0.25, -0.2) is 4.90 Å². The van der Waals surface area contributed by atoms with Crippen LogP contribution in [0.1, 0.15) is 5.56 Å². The number of thioether (sulfide) groups is 1. The lowest BCUT2D eigenvalue weighted by Gasteiger charge is -2.26. The maximum absolute atomic E-state index is 12.6. The summed E-state index contributed by atoms with van der Waals surface area (Å²) in [6.07, 6.45) is 1.69. The van der Waals surface area contributed by atoms with Crippen LogP contribution < -0.4 is 14.4 Å². The van der Waals surface area contributed by atoms with E-state index in [2.05, 4.69) is 0 Å². The molecule has 0 aliphatic carbocycles. The third-order valence-electron chi connectivity index (χ3n) is 4.18. The number of morpholine rings is 1. The largest absolute Gasteiger partial charge is 0.497 e. The Labute approximate surface area is 150 Å². The summed E-state index contributed by atoms with van der Waals surface area (Å²) >= 11 is 0.962. The molecule has 0 bridgehead atoms. The van der Waals surface area contributed by atoms with Crippen molar-refractivity contribution in [3.63, 3.8) is 0 Å². The molecule has 2 aliphatic heterocycles. The highest BCUT2D eigenvalue weighted by Crippen LogP contribution is 2.34. The van der Waals surface area contributed by atoms with Crippen molar-refractivity contribution in [3.05, 3.63) is 28.7 Å². The quantitative estimate of drug-likeness (QED) is 0.772. The number of carbonyl (C=O) groups excluding carboxylic acids is 2. The van der Waals surface area contributed by atoms with Crippen LogP contribution in [0.4, 0.5) is 4.79 Å².